The zero-order valence-electron chi connectivity index (χ0n) is 7.94. The Bertz CT molecular complexity index is 480. The number of hydrogen-bond acceptors (Lipinski definition) is 3. The summed E-state index contributed by atoms with van der Waals surface area (Å²) in [6.45, 7) is 0. The van der Waals surface area contributed by atoms with Gasteiger partial charge >= 0.3 is 0 Å². The Kier molecular flexibility index (Phi) is 2.60. The molecule has 0 spiro atoms. The smallest absolute Gasteiger partial charge is 0.106 e. The molecule has 0 fully saturated rings. The molecular weight excluding hydrogens is 254 g/mol. The van der Waals surface area contributed by atoms with Crippen LogP contribution in [0.1, 0.15) is 0 Å². The lowest BCUT2D eigenvalue weighted by molar-refractivity contribution is 1.28. The van der Waals surface area contributed by atoms with E-state index in [1.807, 2.05) is 24.3 Å². The zero-order chi connectivity index (χ0) is 10.8. The molecule has 2 rings (SSSR count). The highest BCUT2D eigenvalue weighted by Gasteiger charge is 2.04. The SMILES string of the molecule is Nc1cccc(-c2ccc(Br)nc2)c1N. The van der Waals surface area contributed by atoms with Crippen LogP contribution in [0, 0.1) is 0 Å². The first-order chi connectivity index (χ1) is 7.18. The van der Waals surface area contributed by atoms with Crippen molar-refractivity contribution in [1.82, 2.24) is 4.98 Å². The minimum Gasteiger partial charge on any atom is -0.397 e. The zero-order valence-corrected chi connectivity index (χ0v) is 9.53. The summed E-state index contributed by atoms with van der Waals surface area (Å²) in [6.07, 6.45) is 1.76. The number of para-hydroxylation sites is 1. The van der Waals surface area contributed by atoms with E-state index in [4.69, 9.17) is 11.5 Å². The van der Waals surface area contributed by atoms with E-state index < -0.39 is 0 Å². The van der Waals surface area contributed by atoms with Crippen LogP contribution >= 0.6 is 15.9 Å². The maximum Gasteiger partial charge on any atom is 0.106 e. The largest absolute Gasteiger partial charge is 0.397 e. The molecule has 4 heteroatoms. The van der Waals surface area contributed by atoms with Gasteiger partial charge in [0.25, 0.3) is 0 Å². The van der Waals surface area contributed by atoms with E-state index >= 15 is 0 Å². The molecule has 0 aliphatic rings. The van der Waals surface area contributed by atoms with Crippen LogP contribution in [-0.2, 0) is 0 Å². The molecule has 2 aromatic rings. The predicted octanol–water partition coefficient (Wildman–Crippen LogP) is 2.68. The van der Waals surface area contributed by atoms with Gasteiger partial charge in [-0.3, -0.25) is 0 Å². The molecular formula is C11H10BrN3. The van der Waals surface area contributed by atoms with Gasteiger partial charge in [0.1, 0.15) is 4.60 Å². The summed E-state index contributed by atoms with van der Waals surface area (Å²) < 4.78 is 0.800. The second kappa shape index (κ2) is 3.90. The summed E-state index contributed by atoms with van der Waals surface area (Å²) in [5.41, 5.74) is 14.7. The molecule has 0 aliphatic heterocycles. The topological polar surface area (TPSA) is 64.9 Å². The molecule has 1 heterocycles. The lowest BCUT2D eigenvalue weighted by Gasteiger charge is -2.07. The van der Waals surface area contributed by atoms with Crippen LogP contribution in [0.4, 0.5) is 11.4 Å². The minimum atomic E-state index is 0.593. The first kappa shape index (κ1) is 9.98. The second-order valence-electron chi connectivity index (χ2n) is 3.18. The van der Waals surface area contributed by atoms with Crippen molar-refractivity contribution >= 4 is 27.3 Å². The van der Waals surface area contributed by atoms with E-state index in [0.717, 1.165) is 15.7 Å². The van der Waals surface area contributed by atoms with Crippen molar-refractivity contribution in [3.63, 3.8) is 0 Å². The molecule has 0 aliphatic carbocycles. The van der Waals surface area contributed by atoms with Crippen molar-refractivity contribution in [2.45, 2.75) is 0 Å². The summed E-state index contributed by atoms with van der Waals surface area (Å²) in [4.78, 5) is 4.15. The average molecular weight is 264 g/mol. The maximum atomic E-state index is 5.89. The number of nitrogens with zero attached hydrogens (tertiary/aromatic N) is 1. The van der Waals surface area contributed by atoms with Gasteiger partial charge in [0, 0.05) is 17.3 Å². The third-order valence-electron chi connectivity index (χ3n) is 2.18. The number of nitrogen functional groups attached to an aromatic ring is 2. The van der Waals surface area contributed by atoms with Crippen LogP contribution in [0.25, 0.3) is 11.1 Å². The van der Waals surface area contributed by atoms with Crippen molar-refractivity contribution < 1.29 is 0 Å². The van der Waals surface area contributed by atoms with Crippen LogP contribution in [0.2, 0.25) is 0 Å². The van der Waals surface area contributed by atoms with Gasteiger partial charge in [-0.05, 0) is 28.1 Å². The third kappa shape index (κ3) is 1.94. The summed E-state index contributed by atoms with van der Waals surface area (Å²) in [6, 6.07) is 9.41. The number of hydrogen-bond donors (Lipinski definition) is 2. The van der Waals surface area contributed by atoms with Gasteiger partial charge in [-0.15, -0.1) is 0 Å². The van der Waals surface area contributed by atoms with E-state index in [1.165, 1.54) is 0 Å². The lowest BCUT2D eigenvalue weighted by Crippen LogP contribution is -1.96. The lowest BCUT2D eigenvalue weighted by atomic mass is 10.1. The molecule has 0 unspecified atom stereocenters. The molecule has 0 saturated heterocycles. The number of nitrogens with two attached hydrogens (primary N) is 2. The van der Waals surface area contributed by atoms with E-state index in [0.29, 0.717) is 11.4 Å². The minimum absolute atomic E-state index is 0.593. The molecule has 0 atom stereocenters. The Balaban J connectivity index is 2.54. The highest BCUT2D eigenvalue weighted by Crippen LogP contribution is 2.29. The number of benzene rings is 1. The number of anilines is 2. The summed E-state index contributed by atoms with van der Waals surface area (Å²) >= 11 is 3.28. The maximum absolute atomic E-state index is 5.89. The monoisotopic (exact) mass is 263 g/mol. The highest BCUT2D eigenvalue weighted by atomic mass is 79.9. The molecule has 0 saturated carbocycles. The van der Waals surface area contributed by atoms with Crippen LogP contribution in [-0.4, -0.2) is 4.98 Å². The molecule has 0 radical (unpaired) electrons. The fourth-order valence-corrected chi connectivity index (χ4v) is 1.60. The van der Waals surface area contributed by atoms with E-state index in [9.17, 15) is 0 Å². The Morgan fingerprint density at radius 3 is 2.53 bits per heavy atom. The van der Waals surface area contributed by atoms with Gasteiger partial charge in [-0.2, -0.15) is 0 Å². The Hall–Kier alpha value is -1.55. The summed E-state index contributed by atoms with van der Waals surface area (Å²) in [5, 5.41) is 0. The van der Waals surface area contributed by atoms with Gasteiger partial charge in [-0.1, -0.05) is 18.2 Å². The number of aromatic nitrogens is 1. The van der Waals surface area contributed by atoms with E-state index in [1.54, 1.807) is 12.3 Å². The molecule has 1 aromatic carbocycles. The van der Waals surface area contributed by atoms with Crippen LogP contribution < -0.4 is 11.5 Å². The van der Waals surface area contributed by atoms with Crippen molar-refractivity contribution in [3.8, 4) is 11.1 Å². The number of rotatable bonds is 1. The summed E-state index contributed by atoms with van der Waals surface area (Å²) in [7, 11) is 0. The number of pyridine rings is 1. The first-order valence-electron chi connectivity index (χ1n) is 4.44. The molecule has 3 nitrogen and oxygen atoms in total. The van der Waals surface area contributed by atoms with Gasteiger partial charge in [0.15, 0.2) is 0 Å². The van der Waals surface area contributed by atoms with Gasteiger partial charge in [-0.25, -0.2) is 4.98 Å². The van der Waals surface area contributed by atoms with E-state index in [-0.39, 0.29) is 0 Å². The van der Waals surface area contributed by atoms with Crippen LogP contribution in [0.15, 0.2) is 41.1 Å². The summed E-state index contributed by atoms with van der Waals surface area (Å²) in [5.74, 6) is 0. The van der Waals surface area contributed by atoms with Crippen molar-refractivity contribution in [2.24, 2.45) is 0 Å². The predicted molar refractivity (Wildman–Crippen MR) is 66.2 cm³/mol. The fraction of sp³-hybridized carbons (Fsp3) is 0. The molecule has 0 amide bonds. The first-order valence-corrected chi connectivity index (χ1v) is 5.23. The normalized spacial score (nSPS) is 10.2. The van der Waals surface area contributed by atoms with Gasteiger partial charge < -0.3 is 11.5 Å². The molecule has 76 valence electrons. The van der Waals surface area contributed by atoms with Gasteiger partial charge in [0.05, 0.1) is 11.4 Å². The van der Waals surface area contributed by atoms with Crippen LogP contribution in [0.5, 0.6) is 0 Å². The Morgan fingerprint density at radius 2 is 1.87 bits per heavy atom. The Labute approximate surface area is 96.3 Å². The van der Waals surface area contributed by atoms with Crippen molar-refractivity contribution in [1.29, 1.82) is 0 Å². The Morgan fingerprint density at radius 1 is 1.07 bits per heavy atom. The molecule has 15 heavy (non-hydrogen) atoms. The van der Waals surface area contributed by atoms with Crippen LogP contribution in [0.3, 0.4) is 0 Å². The molecule has 1 aromatic heterocycles. The quantitative estimate of drug-likeness (QED) is 0.614. The number of halogens is 1. The molecule has 4 N–H and O–H groups in total. The highest BCUT2D eigenvalue weighted by molar-refractivity contribution is 9.10. The van der Waals surface area contributed by atoms with Gasteiger partial charge in [0.2, 0.25) is 0 Å². The van der Waals surface area contributed by atoms with Crippen molar-refractivity contribution in [2.75, 3.05) is 11.5 Å². The van der Waals surface area contributed by atoms with E-state index in [2.05, 4.69) is 20.9 Å². The second-order valence-corrected chi connectivity index (χ2v) is 3.99. The van der Waals surface area contributed by atoms with Crippen molar-refractivity contribution in [3.05, 3.63) is 41.1 Å². The standard InChI is InChI=1S/C11H10BrN3/c12-10-5-4-7(6-15-10)8-2-1-3-9(13)11(8)14/h1-6H,13-14H2. The fourth-order valence-electron chi connectivity index (χ4n) is 1.37. The molecule has 0 bridgehead atoms. The third-order valence-corrected chi connectivity index (χ3v) is 2.65. The average Bonchev–Trinajstić information content (AvgIpc) is 2.24.